The van der Waals surface area contributed by atoms with Gasteiger partial charge in [0.15, 0.2) is 0 Å². The number of anilines is 1. The van der Waals surface area contributed by atoms with Crippen LogP contribution in [0.1, 0.15) is 11.1 Å². The third-order valence-electron chi connectivity index (χ3n) is 3.19. The van der Waals surface area contributed by atoms with Crippen LogP contribution in [0.15, 0.2) is 59.0 Å². The van der Waals surface area contributed by atoms with E-state index in [1.165, 1.54) is 11.3 Å². The smallest absolute Gasteiger partial charge is 0.253 e. The first kappa shape index (κ1) is 17.1. The van der Waals surface area contributed by atoms with Gasteiger partial charge in [-0.2, -0.15) is 18.3 Å². The summed E-state index contributed by atoms with van der Waals surface area (Å²) in [5, 5.41) is 6.13. The SMILES string of the molecule is Fc1cc(C=NNc2nc(-c3ccccc3)cs2)cc(C(F)(F)F)c1. The van der Waals surface area contributed by atoms with Crippen molar-refractivity contribution in [3.8, 4) is 11.3 Å². The third kappa shape index (κ3) is 4.42. The number of hydrazone groups is 1. The maximum absolute atomic E-state index is 13.3. The lowest BCUT2D eigenvalue weighted by Crippen LogP contribution is -2.06. The fourth-order valence-corrected chi connectivity index (χ4v) is 2.75. The maximum Gasteiger partial charge on any atom is 0.416 e. The molecular formula is C17H11F4N3S. The van der Waals surface area contributed by atoms with Gasteiger partial charge in [-0.3, -0.25) is 5.43 Å². The van der Waals surface area contributed by atoms with Gasteiger partial charge >= 0.3 is 6.18 Å². The average molecular weight is 365 g/mol. The number of hydrogen-bond donors (Lipinski definition) is 1. The van der Waals surface area contributed by atoms with E-state index in [2.05, 4.69) is 15.5 Å². The zero-order valence-electron chi connectivity index (χ0n) is 12.6. The first-order valence-corrected chi connectivity index (χ1v) is 7.97. The fraction of sp³-hybridized carbons (Fsp3) is 0.0588. The van der Waals surface area contributed by atoms with Gasteiger partial charge in [-0.25, -0.2) is 9.37 Å². The largest absolute Gasteiger partial charge is 0.416 e. The van der Waals surface area contributed by atoms with Gasteiger partial charge in [0.2, 0.25) is 5.13 Å². The Morgan fingerprint density at radius 2 is 1.84 bits per heavy atom. The first-order chi connectivity index (χ1) is 11.9. The van der Waals surface area contributed by atoms with Crippen LogP contribution in [0.5, 0.6) is 0 Å². The Bertz CT molecular complexity index is 888. The molecule has 3 nitrogen and oxygen atoms in total. The van der Waals surface area contributed by atoms with E-state index >= 15 is 0 Å². The van der Waals surface area contributed by atoms with E-state index < -0.39 is 17.6 Å². The van der Waals surface area contributed by atoms with Crippen molar-refractivity contribution < 1.29 is 17.6 Å². The van der Waals surface area contributed by atoms with E-state index in [1.807, 2.05) is 35.7 Å². The minimum absolute atomic E-state index is 0.000311. The average Bonchev–Trinajstić information content (AvgIpc) is 3.03. The highest BCUT2D eigenvalue weighted by atomic mass is 32.1. The molecule has 0 radical (unpaired) electrons. The van der Waals surface area contributed by atoms with Gasteiger partial charge in [0.1, 0.15) is 5.82 Å². The Morgan fingerprint density at radius 3 is 2.56 bits per heavy atom. The highest BCUT2D eigenvalue weighted by Gasteiger charge is 2.31. The van der Waals surface area contributed by atoms with Gasteiger partial charge in [-0.15, -0.1) is 11.3 Å². The number of aromatic nitrogens is 1. The van der Waals surface area contributed by atoms with Crippen molar-refractivity contribution in [2.75, 3.05) is 5.43 Å². The summed E-state index contributed by atoms with van der Waals surface area (Å²) in [4.78, 5) is 4.33. The van der Waals surface area contributed by atoms with Gasteiger partial charge in [0, 0.05) is 10.9 Å². The van der Waals surface area contributed by atoms with E-state index in [1.54, 1.807) is 0 Å². The predicted octanol–water partition coefficient (Wildman–Crippen LogP) is 5.41. The summed E-state index contributed by atoms with van der Waals surface area (Å²) in [6.07, 6.45) is -3.50. The van der Waals surface area contributed by atoms with E-state index in [9.17, 15) is 17.6 Å². The van der Waals surface area contributed by atoms with E-state index in [0.717, 1.165) is 29.6 Å². The van der Waals surface area contributed by atoms with E-state index in [-0.39, 0.29) is 5.56 Å². The normalized spacial score (nSPS) is 11.8. The van der Waals surface area contributed by atoms with Crippen molar-refractivity contribution in [1.82, 2.24) is 4.98 Å². The van der Waals surface area contributed by atoms with Crippen LogP contribution >= 0.6 is 11.3 Å². The molecule has 1 heterocycles. The first-order valence-electron chi connectivity index (χ1n) is 7.09. The Kier molecular flexibility index (Phi) is 4.80. The van der Waals surface area contributed by atoms with Crippen LogP contribution in [0.2, 0.25) is 0 Å². The number of alkyl halides is 3. The van der Waals surface area contributed by atoms with Crippen LogP contribution in [0.4, 0.5) is 22.7 Å². The zero-order chi connectivity index (χ0) is 17.9. The number of benzene rings is 2. The fourth-order valence-electron chi connectivity index (χ4n) is 2.08. The van der Waals surface area contributed by atoms with Crippen LogP contribution < -0.4 is 5.43 Å². The predicted molar refractivity (Wildman–Crippen MR) is 90.2 cm³/mol. The lowest BCUT2D eigenvalue weighted by molar-refractivity contribution is -0.137. The highest BCUT2D eigenvalue weighted by molar-refractivity contribution is 7.14. The second kappa shape index (κ2) is 7.02. The van der Waals surface area contributed by atoms with Crippen molar-refractivity contribution in [2.45, 2.75) is 6.18 Å². The van der Waals surface area contributed by atoms with Crippen molar-refractivity contribution in [3.63, 3.8) is 0 Å². The summed E-state index contributed by atoms with van der Waals surface area (Å²) in [5.41, 5.74) is 3.27. The molecule has 1 N–H and O–H groups in total. The molecule has 0 aliphatic heterocycles. The standard InChI is InChI=1S/C17H11F4N3S/c18-14-7-11(6-13(8-14)17(19,20)21)9-22-24-16-23-15(10-25-16)12-4-2-1-3-5-12/h1-10H,(H,23,24). The summed E-state index contributed by atoms with van der Waals surface area (Å²) in [6, 6.07) is 11.7. The molecule has 0 bridgehead atoms. The molecule has 3 aromatic rings. The molecule has 25 heavy (non-hydrogen) atoms. The molecule has 2 aromatic carbocycles. The quantitative estimate of drug-likeness (QED) is 0.381. The molecular weight excluding hydrogens is 354 g/mol. The molecule has 0 saturated carbocycles. The minimum Gasteiger partial charge on any atom is -0.253 e. The Labute approximate surface area is 144 Å². The van der Waals surface area contributed by atoms with Gasteiger partial charge in [0.25, 0.3) is 0 Å². The molecule has 0 aliphatic rings. The maximum atomic E-state index is 13.3. The summed E-state index contributed by atoms with van der Waals surface area (Å²) in [6.45, 7) is 0. The molecule has 1 aromatic heterocycles. The van der Waals surface area contributed by atoms with Crippen molar-refractivity contribution in [1.29, 1.82) is 0 Å². The van der Waals surface area contributed by atoms with Crippen molar-refractivity contribution in [3.05, 3.63) is 70.9 Å². The van der Waals surface area contributed by atoms with Crippen LogP contribution in [0.3, 0.4) is 0 Å². The van der Waals surface area contributed by atoms with Crippen LogP contribution in [0.25, 0.3) is 11.3 Å². The number of halogens is 4. The number of hydrogen-bond acceptors (Lipinski definition) is 4. The molecule has 0 fully saturated rings. The molecule has 8 heteroatoms. The molecule has 0 amide bonds. The highest BCUT2D eigenvalue weighted by Crippen LogP contribution is 2.30. The third-order valence-corrected chi connectivity index (χ3v) is 3.94. The number of thiazole rings is 1. The van der Waals surface area contributed by atoms with Crippen LogP contribution in [0, 0.1) is 5.82 Å². The van der Waals surface area contributed by atoms with Gasteiger partial charge in [0.05, 0.1) is 17.5 Å². The Morgan fingerprint density at radius 1 is 1.08 bits per heavy atom. The van der Waals surface area contributed by atoms with E-state index in [0.29, 0.717) is 11.2 Å². The van der Waals surface area contributed by atoms with Crippen molar-refractivity contribution >= 4 is 22.7 Å². The molecule has 0 spiro atoms. The Hall–Kier alpha value is -2.74. The van der Waals surface area contributed by atoms with Crippen molar-refractivity contribution in [2.24, 2.45) is 5.10 Å². The summed E-state index contributed by atoms with van der Waals surface area (Å²) >= 11 is 1.30. The second-order valence-corrected chi connectivity index (χ2v) is 5.90. The summed E-state index contributed by atoms with van der Waals surface area (Å²) in [7, 11) is 0. The number of nitrogens with zero attached hydrogens (tertiary/aromatic N) is 2. The van der Waals surface area contributed by atoms with Crippen LogP contribution in [-0.4, -0.2) is 11.2 Å². The van der Waals surface area contributed by atoms with E-state index in [4.69, 9.17) is 0 Å². The molecule has 0 aliphatic carbocycles. The molecule has 0 unspecified atom stereocenters. The Balaban J connectivity index is 1.72. The number of rotatable bonds is 4. The second-order valence-electron chi connectivity index (χ2n) is 5.04. The number of nitrogens with one attached hydrogen (secondary N) is 1. The summed E-state index contributed by atoms with van der Waals surface area (Å²) in [5.74, 6) is -0.975. The molecule has 3 rings (SSSR count). The van der Waals surface area contributed by atoms with Gasteiger partial charge < -0.3 is 0 Å². The molecule has 0 atom stereocenters. The topological polar surface area (TPSA) is 37.3 Å². The van der Waals surface area contributed by atoms with Gasteiger partial charge in [-0.1, -0.05) is 30.3 Å². The zero-order valence-corrected chi connectivity index (χ0v) is 13.4. The van der Waals surface area contributed by atoms with Gasteiger partial charge in [-0.05, 0) is 23.8 Å². The minimum atomic E-state index is -4.61. The lowest BCUT2D eigenvalue weighted by atomic mass is 10.1. The summed E-state index contributed by atoms with van der Waals surface area (Å²) < 4.78 is 51.3. The molecule has 0 saturated heterocycles. The lowest BCUT2D eigenvalue weighted by Gasteiger charge is -2.07. The monoisotopic (exact) mass is 365 g/mol. The van der Waals surface area contributed by atoms with Crippen LogP contribution in [-0.2, 0) is 6.18 Å². The molecule has 128 valence electrons.